The first kappa shape index (κ1) is 14.3. The average molecular weight is 286 g/mol. The predicted octanol–water partition coefficient (Wildman–Crippen LogP) is 2.36. The van der Waals surface area contributed by atoms with Crippen LogP contribution in [-0.2, 0) is 0 Å². The fraction of sp³-hybridized carbons (Fsp3) is 0.200. The number of thiophene rings is 1. The van der Waals surface area contributed by atoms with Gasteiger partial charge in [0, 0.05) is 6.20 Å². The standard InChI is InChI=1S/C15H14N2O2S/c1-10-5-6-16-9-12(10)17-15(19)14-8-11(2)13(20-14)4-3-7-18/h5-6,8-9,18H,7H2,1-2H3,(H,17,19). The van der Waals surface area contributed by atoms with Gasteiger partial charge in [-0.1, -0.05) is 11.8 Å². The molecule has 4 nitrogen and oxygen atoms in total. The number of hydrogen-bond donors (Lipinski definition) is 2. The molecule has 102 valence electrons. The van der Waals surface area contributed by atoms with Crippen LogP contribution in [0.4, 0.5) is 5.69 Å². The number of pyridine rings is 1. The third-order valence-electron chi connectivity index (χ3n) is 2.71. The van der Waals surface area contributed by atoms with Gasteiger partial charge in [-0.05, 0) is 37.1 Å². The first-order valence-electron chi connectivity index (χ1n) is 6.04. The van der Waals surface area contributed by atoms with Crippen LogP contribution in [0.5, 0.6) is 0 Å². The smallest absolute Gasteiger partial charge is 0.265 e. The van der Waals surface area contributed by atoms with E-state index in [1.165, 1.54) is 11.3 Å². The largest absolute Gasteiger partial charge is 0.384 e. The topological polar surface area (TPSA) is 62.2 Å². The summed E-state index contributed by atoms with van der Waals surface area (Å²) in [5.41, 5.74) is 2.59. The summed E-state index contributed by atoms with van der Waals surface area (Å²) in [6, 6.07) is 3.64. The SMILES string of the molecule is Cc1ccncc1NC(=O)c1cc(C)c(C#CCO)s1. The van der Waals surface area contributed by atoms with Gasteiger partial charge in [0.15, 0.2) is 0 Å². The Kier molecular flexibility index (Phi) is 4.51. The number of nitrogens with zero attached hydrogens (tertiary/aromatic N) is 1. The third kappa shape index (κ3) is 3.23. The summed E-state index contributed by atoms with van der Waals surface area (Å²) >= 11 is 1.32. The average Bonchev–Trinajstić information content (AvgIpc) is 2.80. The number of carbonyl (C=O) groups excluding carboxylic acids is 1. The third-order valence-corrected chi connectivity index (χ3v) is 3.86. The van der Waals surface area contributed by atoms with E-state index in [4.69, 9.17) is 5.11 Å². The summed E-state index contributed by atoms with van der Waals surface area (Å²) in [5.74, 6) is 5.26. The monoisotopic (exact) mass is 286 g/mol. The van der Waals surface area contributed by atoms with Crippen molar-refractivity contribution >= 4 is 22.9 Å². The van der Waals surface area contributed by atoms with E-state index in [-0.39, 0.29) is 12.5 Å². The molecule has 0 bridgehead atoms. The highest BCUT2D eigenvalue weighted by atomic mass is 32.1. The van der Waals surface area contributed by atoms with Crippen LogP contribution in [0.25, 0.3) is 0 Å². The van der Waals surface area contributed by atoms with Gasteiger partial charge in [0.25, 0.3) is 5.91 Å². The second-order valence-corrected chi connectivity index (χ2v) is 5.28. The van der Waals surface area contributed by atoms with Crippen LogP contribution in [-0.4, -0.2) is 22.6 Å². The van der Waals surface area contributed by atoms with Crippen LogP contribution >= 0.6 is 11.3 Å². The molecule has 2 rings (SSSR count). The van der Waals surface area contributed by atoms with E-state index in [9.17, 15) is 4.79 Å². The van der Waals surface area contributed by atoms with Crippen molar-refractivity contribution in [3.8, 4) is 11.8 Å². The summed E-state index contributed by atoms with van der Waals surface area (Å²) < 4.78 is 0. The lowest BCUT2D eigenvalue weighted by Gasteiger charge is -2.05. The first-order chi connectivity index (χ1) is 9.61. The zero-order valence-corrected chi connectivity index (χ0v) is 12.0. The van der Waals surface area contributed by atoms with Gasteiger partial charge in [-0.25, -0.2) is 0 Å². The molecule has 0 aliphatic heterocycles. The molecular formula is C15H14N2O2S. The number of nitrogens with one attached hydrogen (secondary N) is 1. The number of aliphatic hydroxyl groups excluding tert-OH is 1. The minimum atomic E-state index is -0.187. The van der Waals surface area contributed by atoms with E-state index in [2.05, 4.69) is 22.1 Å². The maximum atomic E-state index is 12.2. The van der Waals surface area contributed by atoms with Crippen molar-refractivity contribution in [3.05, 3.63) is 45.4 Å². The van der Waals surface area contributed by atoms with Crippen molar-refractivity contribution in [2.45, 2.75) is 13.8 Å². The molecular weight excluding hydrogens is 272 g/mol. The Balaban J connectivity index is 2.20. The fourth-order valence-corrected chi connectivity index (χ4v) is 2.56. The van der Waals surface area contributed by atoms with Gasteiger partial charge in [0.05, 0.1) is 21.6 Å². The Morgan fingerprint density at radius 3 is 2.95 bits per heavy atom. The fourth-order valence-electron chi connectivity index (χ4n) is 1.62. The number of anilines is 1. The Hall–Kier alpha value is -2.16. The highest BCUT2D eigenvalue weighted by molar-refractivity contribution is 7.14. The number of amides is 1. The van der Waals surface area contributed by atoms with E-state index in [0.717, 1.165) is 16.0 Å². The number of aromatic nitrogens is 1. The highest BCUT2D eigenvalue weighted by Crippen LogP contribution is 2.22. The number of aryl methyl sites for hydroxylation is 2. The number of rotatable bonds is 2. The van der Waals surface area contributed by atoms with Crippen LogP contribution in [0.15, 0.2) is 24.5 Å². The maximum Gasteiger partial charge on any atom is 0.265 e. The minimum absolute atomic E-state index is 0.175. The van der Waals surface area contributed by atoms with Gasteiger partial charge in [0.1, 0.15) is 6.61 Å². The van der Waals surface area contributed by atoms with Crippen molar-refractivity contribution < 1.29 is 9.90 Å². The van der Waals surface area contributed by atoms with E-state index >= 15 is 0 Å². The summed E-state index contributed by atoms with van der Waals surface area (Å²) in [6.07, 6.45) is 3.31. The zero-order valence-electron chi connectivity index (χ0n) is 11.2. The van der Waals surface area contributed by atoms with Crippen molar-refractivity contribution in [2.75, 3.05) is 11.9 Å². The molecule has 20 heavy (non-hydrogen) atoms. The second kappa shape index (κ2) is 6.33. The molecule has 2 aromatic heterocycles. The quantitative estimate of drug-likeness (QED) is 0.833. The van der Waals surface area contributed by atoms with Crippen LogP contribution in [0.1, 0.15) is 25.7 Å². The van der Waals surface area contributed by atoms with Crippen LogP contribution in [0, 0.1) is 25.7 Å². The molecule has 0 saturated heterocycles. The molecule has 0 saturated carbocycles. The number of carbonyl (C=O) groups is 1. The van der Waals surface area contributed by atoms with Crippen LogP contribution in [0.2, 0.25) is 0 Å². The second-order valence-electron chi connectivity index (χ2n) is 4.23. The summed E-state index contributed by atoms with van der Waals surface area (Å²) in [5, 5.41) is 11.5. The maximum absolute atomic E-state index is 12.2. The molecule has 2 heterocycles. The Morgan fingerprint density at radius 2 is 2.25 bits per heavy atom. The molecule has 1 amide bonds. The van der Waals surface area contributed by atoms with Gasteiger partial charge in [0.2, 0.25) is 0 Å². The van der Waals surface area contributed by atoms with Gasteiger partial charge < -0.3 is 10.4 Å². The van der Waals surface area contributed by atoms with Crippen molar-refractivity contribution in [1.29, 1.82) is 0 Å². The summed E-state index contributed by atoms with van der Waals surface area (Å²) in [4.78, 5) is 17.6. The predicted molar refractivity (Wildman–Crippen MR) is 79.9 cm³/mol. The lowest BCUT2D eigenvalue weighted by molar-refractivity contribution is 0.103. The molecule has 2 N–H and O–H groups in total. The molecule has 5 heteroatoms. The van der Waals surface area contributed by atoms with Gasteiger partial charge >= 0.3 is 0 Å². The number of aliphatic hydroxyl groups is 1. The van der Waals surface area contributed by atoms with Crippen LogP contribution < -0.4 is 5.32 Å². The van der Waals surface area contributed by atoms with E-state index in [1.807, 2.05) is 19.9 Å². The number of hydrogen-bond acceptors (Lipinski definition) is 4. The first-order valence-corrected chi connectivity index (χ1v) is 6.85. The highest BCUT2D eigenvalue weighted by Gasteiger charge is 2.12. The molecule has 0 aliphatic rings. The van der Waals surface area contributed by atoms with Gasteiger partial charge in [-0.2, -0.15) is 0 Å². The van der Waals surface area contributed by atoms with Crippen molar-refractivity contribution in [2.24, 2.45) is 0 Å². The van der Waals surface area contributed by atoms with Crippen LogP contribution in [0.3, 0.4) is 0 Å². The van der Waals surface area contributed by atoms with Crippen molar-refractivity contribution in [1.82, 2.24) is 4.98 Å². The minimum Gasteiger partial charge on any atom is -0.384 e. The van der Waals surface area contributed by atoms with Crippen molar-refractivity contribution in [3.63, 3.8) is 0 Å². The molecule has 0 fully saturated rings. The Labute approximate surface area is 121 Å². The molecule has 0 spiro atoms. The lowest BCUT2D eigenvalue weighted by atomic mass is 10.2. The molecule has 0 radical (unpaired) electrons. The van der Waals surface area contributed by atoms with E-state index < -0.39 is 0 Å². The Bertz CT molecular complexity index is 695. The molecule has 2 aromatic rings. The van der Waals surface area contributed by atoms with Gasteiger partial charge in [-0.15, -0.1) is 11.3 Å². The summed E-state index contributed by atoms with van der Waals surface area (Å²) in [6.45, 7) is 3.62. The molecule has 0 unspecified atom stereocenters. The molecule has 0 atom stereocenters. The van der Waals surface area contributed by atoms with E-state index in [1.54, 1.807) is 18.5 Å². The summed E-state index contributed by atoms with van der Waals surface area (Å²) in [7, 11) is 0. The van der Waals surface area contributed by atoms with Gasteiger partial charge in [-0.3, -0.25) is 9.78 Å². The zero-order chi connectivity index (χ0) is 14.5. The normalized spacial score (nSPS) is 9.75. The molecule has 0 aromatic carbocycles. The Morgan fingerprint density at radius 1 is 1.45 bits per heavy atom. The molecule has 0 aliphatic carbocycles. The lowest BCUT2D eigenvalue weighted by Crippen LogP contribution is -2.11. The van der Waals surface area contributed by atoms with E-state index in [0.29, 0.717) is 10.6 Å².